The van der Waals surface area contributed by atoms with E-state index in [-0.39, 0.29) is 48.0 Å². The highest BCUT2D eigenvalue weighted by atomic mass is 127. The number of nitrogens with zero attached hydrogens (tertiary/aromatic N) is 2. The summed E-state index contributed by atoms with van der Waals surface area (Å²) < 4.78 is 2.67. The minimum absolute atomic E-state index is 0. The molecule has 0 aromatic heterocycles. The van der Waals surface area contributed by atoms with Gasteiger partial charge in [-0.25, -0.2) is 0 Å². The zero-order valence-electron chi connectivity index (χ0n) is 18.3. The Morgan fingerprint density at radius 2 is 0.833 bits per heavy atom. The van der Waals surface area contributed by atoms with E-state index < -0.39 is 0 Å². The Kier molecular flexibility index (Phi) is 11.1. The van der Waals surface area contributed by atoms with Crippen LogP contribution in [-0.2, 0) is 13.1 Å². The fraction of sp³-hybridized carbons (Fsp3) is 0.538. The summed E-state index contributed by atoms with van der Waals surface area (Å²) in [6, 6.07) is 22.4. The molecule has 2 saturated heterocycles. The summed E-state index contributed by atoms with van der Waals surface area (Å²) >= 11 is 0. The van der Waals surface area contributed by atoms with Crippen LogP contribution in [0, 0.1) is 0 Å². The van der Waals surface area contributed by atoms with Crippen molar-refractivity contribution in [2.45, 2.75) is 51.6 Å². The molecule has 2 fully saturated rings. The molecule has 0 atom stereocenters. The van der Waals surface area contributed by atoms with E-state index in [9.17, 15) is 0 Å². The number of hydrogen-bond acceptors (Lipinski definition) is 0. The molecule has 2 aliphatic heterocycles. The Morgan fingerprint density at radius 1 is 0.500 bits per heavy atom. The molecule has 0 spiro atoms. The molecule has 2 nitrogen and oxygen atoms in total. The van der Waals surface area contributed by atoms with Crippen LogP contribution in [0.15, 0.2) is 60.7 Å². The third-order valence-corrected chi connectivity index (χ3v) is 7.27. The van der Waals surface area contributed by atoms with Crippen LogP contribution in [-0.4, -0.2) is 48.2 Å². The van der Waals surface area contributed by atoms with Gasteiger partial charge in [0, 0.05) is 49.7 Å². The molecular formula is C26H38I2N2. The molecule has 0 aliphatic carbocycles. The molecular weight excluding hydrogens is 594 g/mol. The first-order chi connectivity index (χ1) is 13.8. The molecule has 2 aromatic carbocycles. The van der Waals surface area contributed by atoms with Crippen LogP contribution in [0.25, 0.3) is 0 Å². The zero-order chi connectivity index (χ0) is 19.1. The van der Waals surface area contributed by atoms with Crippen molar-refractivity contribution < 1.29 is 56.9 Å². The molecule has 0 N–H and O–H groups in total. The second-order valence-corrected chi connectivity index (χ2v) is 9.43. The average molecular weight is 632 g/mol. The molecule has 30 heavy (non-hydrogen) atoms. The summed E-state index contributed by atoms with van der Waals surface area (Å²) in [6.07, 6.45) is 8.45. The smallest absolute Gasteiger partial charge is 0.104 e. The lowest BCUT2D eigenvalue weighted by Gasteiger charge is -2.37. The van der Waals surface area contributed by atoms with Crippen LogP contribution in [0.1, 0.15) is 49.7 Å². The first-order valence-electron chi connectivity index (χ1n) is 11.6. The van der Waals surface area contributed by atoms with Crippen LogP contribution in [0.2, 0.25) is 0 Å². The third-order valence-electron chi connectivity index (χ3n) is 7.27. The Morgan fingerprint density at radius 3 is 1.17 bits per heavy atom. The summed E-state index contributed by atoms with van der Waals surface area (Å²) in [7, 11) is 0. The van der Waals surface area contributed by atoms with Gasteiger partial charge in [-0.05, 0) is 0 Å². The van der Waals surface area contributed by atoms with Gasteiger partial charge in [0.05, 0.1) is 39.3 Å². The maximum atomic E-state index is 2.32. The lowest BCUT2D eigenvalue weighted by Crippen LogP contribution is -3.00. The lowest BCUT2D eigenvalue weighted by atomic mass is 10.1. The number of rotatable bonds is 9. The Balaban J connectivity index is 0.00000160. The van der Waals surface area contributed by atoms with Gasteiger partial charge in [-0.3, -0.25) is 0 Å². The van der Waals surface area contributed by atoms with Crippen molar-refractivity contribution in [3.63, 3.8) is 0 Å². The highest BCUT2D eigenvalue weighted by molar-refractivity contribution is 5.14. The van der Waals surface area contributed by atoms with E-state index >= 15 is 0 Å². The summed E-state index contributed by atoms with van der Waals surface area (Å²) in [5.41, 5.74) is 3.05. The van der Waals surface area contributed by atoms with E-state index in [1.165, 1.54) is 111 Å². The molecule has 0 radical (unpaired) electrons. The van der Waals surface area contributed by atoms with Crippen molar-refractivity contribution in [2.24, 2.45) is 0 Å². The summed E-state index contributed by atoms with van der Waals surface area (Å²) in [5.74, 6) is 0. The molecule has 0 saturated carbocycles. The van der Waals surface area contributed by atoms with Crippen molar-refractivity contribution in [3.05, 3.63) is 71.8 Å². The zero-order valence-corrected chi connectivity index (χ0v) is 22.6. The van der Waals surface area contributed by atoms with E-state index in [1.807, 2.05) is 0 Å². The van der Waals surface area contributed by atoms with Gasteiger partial charge in [0.25, 0.3) is 0 Å². The van der Waals surface area contributed by atoms with Gasteiger partial charge in [0.1, 0.15) is 13.1 Å². The first kappa shape index (κ1) is 26.1. The number of quaternary nitrogens is 2. The fourth-order valence-electron chi connectivity index (χ4n) is 5.77. The predicted molar refractivity (Wildman–Crippen MR) is 118 cm³/mol. The summed E-state index contributed by atoms with van der Waals surface area (Å²) in [6.45, 7) is 10.8. The van der Waals surface area contributed by atoms with Gasteiger partial charge in [0.2, 0.25) is 0 Å². The molecule has 166 valence electrons. The summed E-state index contributed by atoms with van der Waals surface area (Å²) in [5, 5.41) is 0. The number of unbranched alkanes of at least 4 members (excludes halogenated alkanes) is 1. The van der Waals surface area contributed by atoms with Crippen LogP contribution < -0.4 is 48.0 Å². The maximum absolute atomic E-state index is 2.32. The van der Waals surface area contributed by atoms with E-state index in [2.05, 4.69) is 60.7 Å². The molecule has 2 heterocycles. The Bertz CT molecular complexity index is 645. The van der Waals surface area contributed by atoms with Gasteiger partial charge >= 0.3 is 0 Å². The van der Waals surface area contributed by atoms with Crippen LogP contribution in [0.3, 0.4) is 0 Å². The van der Waals surface area contributed by atoms with Crippen LogP contribution >= 0.6 is 0 Å². The fourth-order valence-corrected chi connectivity index (χ4v) is 5.77. The number of likely N-dealkylation sites (tertiary alicyclic amines) is 2. The van der Waals surface area contributed by atoms with Crippen LogP contribution in [0.4, 0.5) is 0 Å². The van der Waals surface area contributed by atoms with E-state index in [4.69, 9.17) is 0 Å². The SMILES string of the molecule is [I-].[I-].c1ccc(C[N+]2(CCCC[N+]3(Cc4ccccc4)CCCC3)CCCC2)cc1. The molecule has 0 bridgehead atoms. The van der Waals surface area contributed by atoms with Crippen molar-refractivity contribution in [1.82, 2.24) is 0 Å². The lowest BCUT2D eigenvalue weighted by molar-refractivity contribution is -0.935. The van der Waals surface area contributed by atoms with Crippen molar-refractivity contribution in [1.29, 1.82) is 0 Å². The average Bonchev–Trinajstić information content (AvgIpc) is 3.38. The third kappa shape index (κ3) is 7.17. The molecule has 4 rings (SSSR count). The predicted octanol–water partition coefficient (Wildman–Crippen LogP) is -0.604. The van der Waals surface area contributed by atoms with Crippen LogP contribution in [0.5, 0.6) is 0 Å². The maximum Gasteiger partial charge on any atom is 0.104 e. The van der Waals surface area contributed by atoms with Crippen molar-refractivity contribution in [3.8, 4) is 0 Å². The van der Waals surface area contributed by atoms with Gasteiger partial charge in [-0.15, -0.1) is 0 Å². The minimum Gasteiger partial charge on any atom is -1.00 e. The quantitative estimate of drug-likeness (QED) is 0.197. The van der Waals surface area contributed by atoms with E-state index in [1.54, 1.807) is 0 Å². The topological polar surface area (TPSA) is 0 Å². The minimum atomic E-state index is 0. The first-order valence-corrected chi connectivity index (χ1v) is 11.6. The van der Waals surface area contributed by atoms with Gasteiger partial charge in [-0.2, -0.15) is 0 Å². The standard InChI is InChI=1S/C26H38N2.2HI/c1-3-13-25(14-4-1)23-27(17-7-8-18-27)21-11-12-22-28(19-9-10-20-28)24-26-15-5-2-6-16-26;;/h1-6,13-16H,7-12,17-24H2;2*1H/q+2;;/p-2. The molecule has 4 heteroatoms. The van der Waals surface area contributed by atoms with Crippen molar-refractivity contribution >= 4 is 0 Å². The number of hydrogen-bond donors (Lipinski definition) is 0. The number of halogens is 2. The van der Waals surface area contributed by atoms with E-state index in [0.717, 1.165) is 0 Å². The second kappa shape index (κ2) is 12.8. The van der Waals surface area contributed by atoms with E-state index in [0.29, 0.717) is 0 Å². The van der Waals surface area contributed by atoms with Gasteiger partial charge in [-0.1, -0.05) is 60.7 Å². The molecule has 0 amide bonds. The summed E-state index contributed by atoms with van der Waals surface area (Å²) in [4.78, 5) is 0. The normalized spacial score (nSPS) is 19.1. The Labute approximate surface area is 218 Å². The highest BCUT2D eigenvalue weighted by Crippen LogP contribution is 2.27. The molecule has 2 aromatic rings. The largest absolute Gasteiger partial charge is 1.00 e. The number of benzene rings is 2. The van der Waals surface area contributed by atoms with Gasteiger partial charge < -0.3 is 56.9 Å². The molecule has 0 unspecified atom stereocenters. The second-order valence-electron chi connectivity index (χ2n) is 9.43. The Hall–Kier alpha value is -0.180. The highest BCUT2D eigenvalue weighted by Gasteiger charge is 2.34. The molecule has 2 aliphatic rings. The monoisotopic (exact) mass is 632 g/mol. The van der Waals surface area contributed by atoms with Crippen molar-refractivity contribution in [2.75, 3.05) is 39.3 Å². The van der Waals surface area contributed by atoms with Gasteiger partial charge in [0.15, 0.2) is 0 Å².